The van der Waals surface area contributed by atoms with E-state index in [1.54, 1.807) is 10.9 Å². The predicted molar refractivity (Wildman–Crippen MR) is 79.6 cm³/mol. The summed E-state index contributed by atoms with van der Waals surface area (Å²) in [7, 11) is -3.49. The third kappa shape index (κ3) is 4.03. The van der Waals surface area contributed by atoms with Gasteiger partial charge in [-0.1, -0.05) is 6.92 Å². The van der Waals surface area contributed by atoms with E-state index < -0.39 is 15.6 Å². The number of nitrogens with one attached hydrogen (secondary N) is 1. The predicted octanol–water partition coefficient (Wildman–Crippen LogP) is 0.292. The highest BCUT2D eigenvalue weighted by Crippen LogP contribution is 2.23. The largest absolute Gasteiger partial charge is 0.373 e. The lowest BCUT2D eigenvalue weighted by atomic mass is 10.1. The van der Waals surface area contributed by atoms with Gasteiger partial charge in [-0.2, -0.15) is 9.40 Å². The minimum Gasteiger partial charge on any atom is -0.373 e. The number of aromatic nitrogens is 2. The second-order valence-corrected chi connectivity index (χ2v) is 7.68. The highest BCUT2D eigenvalue weighted by atomic mass is 32.2. The van der Waals surface area contributed by atoms with Gasteiger partial charge in [0.2, 0.25) is 10.0 Å². The number of likely N-dealkylation sites (N-methyl/N-ethyl adjacent to an activating group) is 1. The minimum absolute atomic E-state index is 0.247. The molecule has 0 aliphatic carbocycles. The van der Waals surface area contributed by atoms with Crippen LogP contribution in [0.4, 0.5) is 0 Å². The Morgan fingerprint density at radius 3 is 2.90 bits per heavy atom. The van der Waals surface area contributed by atoms with Gasteiger partial charge in [-0.3, -0.25) is 4.68 Å². The van der Waals surface area contributed by atoms with Gasteiger partial charge in [-0.15, -0.1) is 0 Å². The second kappa shape index (κ2) is 6.43. The molecule has 0 spiro atoms. The van der Waals surface area contributed by atoms with Crippen LogP contribution in [0.1, 0.15) is 20.8 Å². The van der Waals surface area contributed by atoms with Crippen molar-refractivity contribution < 1.29 is 13.2 Å². The van der Waals surface area contributed by atoms with Crippen LogP contribution in [0, 0.1) is 0 Å². The van der Waals surface area contributed by atoms with Gasteiger partial charge in [0, 0.05) is 25.8 Å². The number of ether oxygens (including phenoxy) is 1. The second-order valence-electron chi connectivity index (χ2n) is 5.74. The van der Waals surface area contributed by atoms with Gasteiger partial charge in [-0.25, -0.2) is 8.42 Å². The standard InChI is InChI=1S/C13H24N4O3S/c1-4-14-5-6-16-10-12(9-15-16)21(18,19)17-7-8-20-13(2,3)11-17/h9-10,14H,4-8,11H2,1-3H3. The number of sulfonamides is 1. The van der Waals surface area contributed by atoms with Crippen molar-refractivity contribution in [2.24, 2.45) is 0 Å². The van der Waals surface area contributed by atoms with Crippen LogP contribution >= 0.6 is 0 Å². The molecule has 1 saturated heterocycles. The fourth-order valence-electron chi connectivity index (χ4n) is 2.30. The van der Waals surface area contributed by atoms with Gasteiger partial charge in [0.1, 0.15) is 4.90 Å². The lowest BCUT2D eigenvalue weighted by molar-refractivity contribution is -0.0640. The Morgan fingerprint density at radius 1 is 1.48 bits per heavy atom. The molecule has 1 aromatic heterocycles. The molecule has 0 radical (unpaired) electrons. The van der Waals surface area contributed by atoms with Crippen LogP contribution in [0.15, 0.2) is 17.3 Å². The third-order valence-corrected chi connectivity index (χ3v) is 5.20. The molecule has 0 amide bonds. The summed E-state index contributed by atoms with van der Waals surface area (Å²) < 4.78 is 33.9. The Hall–Kier alpha value is -0.960. The van der Waals surface area contributed by atoms with Gasteiger partial charge in [0.15, 0.2) is 0 Å². The Balaban J connectivity index is 2.09. The van der Waals surface area contributed by atoms with E-state index in [0.29, 0.717) is 26.2 Å². The molecule has 2 heterocycles. The molecule has 0 bridgehead atoms. The van der Waals surface area contributed by atoms with Gasteiger partial charge in [0.05, 0.1) is 24.9 Å². The first kappa shape index (κ1) is 16.4. The molecule has 1 N–H and O–H groups in total. The SMILES string of the molecule is CCNCCn1cc(S(=O)(=O)N2CCOC(C)(C)C2)cn1. The maximum absolute atomic E-state index is 12.6. The van der Waals surface area contributed by atoms with Crippen molar-refractivity contribution in [3.63, 3.8) is 0 Å². The molecule has 120 valence electrons. The van der Waals surface area contributed by atoms with Crippen molar-refractivity contribution in [3.8, 4) is 0 Å². The summed E-state index contributed by atoms with van der Waals surface area (Å²) in [4.78, 5) is 0.247. The van der Waals surface area contributed by atoms with E-state index in [-0.39, 0.29) is 4.90 Å². The van der Waals surface area contributed by atoms with Crippen LogP contribution in [-0.4, -0.2) is 60.9 Å². The van der Waals surface area contributed by atoms with E-state index in [4.69, 9.17) is 4.74 Å². The number of hydrogen-bond donors (Lipinski definition) is 1. The molecule has 2 rings (SSSR count). The van der Waals surface area contributed by atoms with Gasteiger partial charge >= 0.3 is 0 Å². The average Bonchev–Trinajstić information content (AvgIpc) is 2.87. The maximum Gasteiger partial charge on any atom is 0.246 e. The number of hydrogen-bond acceptors (Lipinski definition) is 5. The van der Waals surface area contributed by atoms with E-state index in [1.165, 1.54) is 10.5 Å². The van der Waals surface area contributed by atoms with E-state index in [1.807, 2.05) is 20.8 Å². The molecular weight excluding hydrogens is 292 g/mol. The molecule has 1 aliphatic heterocycles. The van der Waals surface area contributed by atoms with Gasteiger partial charge in [-0.05, 0) is 20.4 Å². The fourth-order valence-corrected chi connectivity index (χ4v) is 3.83. The molecule has 21 heavy (non-hydrogen) atoms. The van der Waals surface area contributed by atoms with Gasteiger partial charge < -0.3 is 10.1 Å². The summed E-state index contributed by atoms with van der Waals surface area (Å²) in [5.41, 5.74) is -0.452. The lowest BCUT2D eigenvalue weighted by Crippen LogP contribution is -2.50. The molecule has 0 aromatic carbocycles. The molecular formula is C13H24N4O3S. The minimum atomic E-state index is -3.49. The highest BCUT2D eigenvalue weighted by Gasteiger charge is 2.35. The lowest BCUT2D eigenvalue weighted by Gasteiger charge is -2.37. The summed E-state index contributed by atoms with van der Waals surface area (Å²) in [6.07, 6.45) is 3.01. The maximum atomic E-state index is 12.6. The monoisotopic (exact) mass is 316 g/mol. The van der Waals surface area contributed by atoms with Crippen molar-refractivity contribution in [2.45, 2.75) is 37.8 Å². The van der Waals surface area contributed by atoms with Gasteiger partial charge in [0.25, 0.3) is 0 Å². The first-order valence-electron chi connectivity index (χ1n) is 7.22. The number of morpholine rings is 1. The normalized spacial score (nSPS) is 19.8. The summed E-state index contributed by atoms with van der Waals surface area (Å²) in [6.45, 7) is 9.28. The number of nitrogens with zero attached hydrogens (tertiary/aromatic N) is 3. The molecule has 0 saturated carbocycles. The van der Waals surface area contributed by atoms with Crippen LogP contribution in [0.5, 0.6) is 0 Å². The summed E-state index contributed by atoms with van der Waals surface area (Å²) in [5, 5.41) is 7.31. The molecule has 0 atom stereocenters. The van der Waals surface area contributed by atoms with Crippen LogP contribution in [0.2, 0.25) is 0 Å². The van der Waals surface area contributed by atoms with Crippen molar-refractivity contribution in [1.82, 2.24) is 19.4 Å². The van der Waals surface area contributed by atoms with Crippen LogP contribution in [0.3, 0.4) is 0 Å². The quantitative estimate of drug-likeness (QED) is 0.764. The molecule has 1 fully saturated rings. The van der Waals surface area contributed by atoms with Crippen molar-refractivity contribution in [3.05, 3.63) is 12.4 Å². The number of rotatable bonds is 6. The van der Waals surface area contributed by atoms with Crippen molar-refractivity contribution in [1.29, 1.82) is 0 Å². The molecule has 0 unspecified atom stereocenters. The topological polar surface area (TPSA) is 76.5 Å². The Morgan fingerprint density at radius 2 is 2.24 bits per heavy atom. The Kier molecular flexibility index (Phi) is 5.03. The smallest absolute Gasteiger partial charge is 0.246 e. The van der Waals surface area contributed by atoms with E-state index in [9.17, 15) is 8.42 Å². The Labute approximate surface area is 126 Å². The first-order valence-corrected chi connectivity index (χ1v) is 8.66. The van der Waals surface area contributed by atoms with E-state index >= 15 is 0 Å². The summed E-state index contributed by atoms with van der Waals surface area (Å²) >= 11 is 0. The third-order valence-electron chi connectivity index (χ3n) is 3.41. The zero-order valence-corrected chi connectivity index (χ0v) is 13.7. The average molecular weight is 316 g/mol. The fraction of sp³-hybridized carbons (Fsp3) is 0.769. The Bertz CT molecular complexity index is 568. The molecule has 1 aromatic rings. The highest BCUT2D eigenvalue weighted by molar-refractivity contribution is 7.89. The zero-order chi connectivity index (χ0) is 15.5. The van der Waals surface area contributed by atoms with Crippen LogP contribution in [-0.2, 0) is 21.3 Å². The van der Waals surface area contributed by atoms with Crippen molar-refractivity contribution in [2.75, 3.05) is 32.8 Å². The molecule has 7 nitrogen and oxygen atoms in total. The van der Waals surface area contributed by atoms with E-state index in [2.05, 4.69) is 10.4 Å². The molecule has 8 heteroatoms. The van der Waals surface area contributed by atoms with Crippen LogP contribution < -0.4 is 5.32 Å². The van der Waals surface area contributed by atoms with Crippen LogP contribution in [0.25, 0.3) is 0 Å². The summed E-state index contributed by atoms with van der Waals surface area (Å²) in [5.74, 6) is 0. The summed E-state index contributed by atoms with van der Waals surface area (Å²) in [6, 6.07) is 0. The molecule has 1 aliphatic rings. The van der Waals surface area contributed by atoms with E-state index in [0.717, 1.165) is 13.1 Å². The van der Waals surface area contributed by atoms with Crippen molar-refractivity contribution >= 4 is 10.0 Å². The first-order chi connectivity index (χ1) is 9.85. The zero-order valence-electron chi connectivity index (χ0n) is 12.9.